The van der Waals surface area contributed by atoms with Crippen LogP contribution < -0.4 is 5.32 Å². The molecule has 20 heavy (non-hydrogen) atoms. The number of anilines is 1. The van der Waals surface area contributed by atoms with E-state index >= 15 is 0 Å². The molecule has 3 N–H and O–H groups in total. The second kappa shape index (κ2) is 5.26. The Kier molecular flexibility index (Phi) is 3.30. The average molecular weight is 288 g/mol. The van der Waals surface area contributed by atoms with Gasteiger partial charge in [0.05, 0.1) is 18.5 Å². The third-order valence-electron chi connectivity index (χ3n) is 2.77. The molecule has 0 saturated heterocycles. The maximum Gasteiger partial charge on any atom is 0.183 e. The molecule has 3 rings (SSSR count). The predicted molar refractivity (Wildman–Crippen MR) is 76.9 cm³/mol. The summed E-state index contributed by atoms with van der Waals surface area (Å²) < 4.78 is 5.23. The van der Waals surface area contributed by atoms with Crippen LogP contribution in [0, 0.1) is 0 Å². The largest absolute Gasteiger partial charge is 0.504 e. The Labute approximate surface area is 119 Å². The molecule has 0 saturated carbocycles. The van der Waals surface area contributed by atoms with Crippen molar-refractivity contribution in [2.24, 2.45) is 0 Å². The quantitative estimate of drug-likeness (QED) is 0.641. The highest BCUT2D eigenvalue weighted by Crippen LogP contribution is 2.32. The molecule has 2 heterocycles. The third-order valence-corrected chi connectivity index (χ3v) is 3.57. The van der Waals surface area contributed by atoms with Crippen molar-refractivity contribution in [3.8, 4) is 22.8 Å². The van der Waals surface area contributed by atoms with Crippen molar-refractivity contribution in [3.63, 3.8) is 0 Å². The minimum absolute atomic E-state index is 0.139. The second-order valence-electron chi connectivity index (χ2n) is 4.17. The lowest BCUT2D eigenvalue weighted by molar-refractivity contribution is 0.404. The summed E-state index contributed by atoms with van der Waals surface area (Å²) in [6.07, 6.45) is 1.63. The number of phenols is 2. The lowest BCUT2D eigenvalue weighted by Gasteiger charge is -2.01. The third kappa shape index (κ3) is 2.60. The van der Waals surface area contributed by atoms with Gasteiger partial charge in [0.25, 0.3) is 0 Å². The molecule has 0 radical (unpaired) electrons. The molecule has 5 nitrogen and oxygen atoms in total. The predicted octanol–water partition coefficient (Wildman–Crippen LogP) is 3.43. The average Bonchev–Trinajstić information content (AvgIpc) is 3.10. The second-order valence-corrected chi connectivity index (χ2v) is 5.03. The van der Waals surface area contributed by atoms with Crippen molar-refractivity contribution in [3.05, 3.63) is 47.7 Å². The van der Waals surface area contributed by atoms with Crippen molar-refractivity contribution in [1.82, 2.24) is 4.98 Å². The standard InChI is InChI=1S/C14H12N2O3S/c17-12-4-3-9(6-13(12)18)11-8-20-14(16-11)15-7-10-2-1-5-19-10/h1-6,8,17-18H,7H2,(H,15,16). The maximum atomic E-state index is 9.49. The fourth-order valence-corrected chi connectivity index (χ4v) is 2.46. The molecular formula is C14H12N2O3S. The Morgan fingerprint density at radius 3 is 2.85 bits per heavy atom. The van der Waals surface area contributed by atoms with E-state index in [1.807, 2.05) is 17.5 Å². The summed E-state index contributed by atoms with van der Waals surface area (Å²) in [5.41, 5.74) is 1.50. The molecule has 0 amide bonds. The molecule has 0 aliphatic heterocycles. The van der Waals surface area contributed by atoms with Gasteiger partial charge in [-0.3, -0.25) is 0 Å². The van der Waals surface area contributed by atoms with Gasteiger partial charge in [0.1, 0.15) is 5.76 Å². The molecule has 0 unspecified atom stereocenters. The molecule has 0 atom stereocenters. The zero-order valence-electron chi connectivity index (χ0n) is 10.4. The molecule has 0 aliphatic rings. The van der Waals surface area contributed by atoms with Gasteiger partial charge in [0, 0.05) is 10.9 Å². The first kappa shape index (κ1) is 12.6. The van der Waals surface area contributed by atoms with Crippen LogP contribution in [0.5, 0.6) is 11.5 Å². The van der Waals surface area contributed by atoms with E-state index in [-0.39, 0.29) is 11.5 Å². The number of hydrogen-bond donors (Lipinski definition) is 3. The molecule has 3 aromatic rings. The van der Waals surface area contributed by atoms with Crippen LogP contribution in [0.25, 0.3) is 11.3 Å². The van der Waals surface area contributed by atoms with Crippen LogP contribution in [0.3, 0.4) is 0 Å². The van der Waals surface area contributed by atoms with Crippen molar-refractivity contribution in [2.45, 2.75) is 6.54 Å². The number of nitrogens with one attached hydrogen (secondary N) is 1. The van der Waals surface area contributed by atoms with E-state index in [2.05, 4.69) is 10.3 Å². The Balaban J connectivity index is 1.74. The number of phenolic OH excluding ortho intramolecular Hbond substituents is 2. The highest BCUT2D eigenvalue weighted by molar-refractivity contribution is 7.14. The van der Waals surface area contributed by atoms with E-state index in [1.165, 1.54) is 23.5 Å². The Morgan fingerprint density at radius 2 is 2.10 bits per heavy atom. The molecule has 0 spiro atoms. The number of aromatic hydroxyl groups is 2. The van der Waals surface area contributed by atoms with Gasteiger partial charge in [-0.15, -0.1) is 11.3 Å². The molecule has 102 valence electrons. The number of aromatic nitrogens is 1. The molecule has 6 heteroatoms. The minimum Gasteiger partial charge on any atom is -0.504 e. The van der Waals surface area contributed by atoms with E-state index in [0.717, 1.165) is 22.1 Å². The van der Waals surface area contributed by atoms with Gasteiger partial charge >= 0.3 is 0 Å². The minimum atomic E-state index is -0.152. The highest BCUT2D eigenvalue weighted by atomic mass is 32.1. The number of thiazole rings is 1. The summed E-state index contributed by atoms with van der Waals surface area (Å²) in [4.78, 5) is 4.42. The first-order chi connectivity index (χ1) is 9.72. The highest BCUT2D eigenvalue weighted by Gasteiger charge is 2.07. The van der Waals surface area contributed by atoms with Crippen molar-refractivity contribution < 1.29 is 14.6 Å². The zero-order chi connectivity index (χ0) is 13.9. The van der Waals surface area contributed by atoms with Gasteiger partial charge in [-0.2, -0.15) is 0 Å². The maximum absolute atomic E-state index is 9.49. The zero-order valence-corrected chi connectivity index (χ0v) is 11.2. The number of furan rings is 1. The Morgan fingerprint density at radius 1 is 1.20 bits per heavy atom. The molecule has 1 aromatic carbocycles. The van der Waals surface area contributed by atoms with E-state index in [4.69, 9.17) is 4.42 Å². The lowest BCUT2D eigenvalue weighted by Crippen LogP contribution is -1.97. The van der Waals surface area contributed by atoms with Crippen LogP contribution in [-0.2, 0) is 6.54 Å². The molecule has 0 aliphatic carbocycles. The van der Waals surface area contributed by atoms with Gasteiger partial charge in [-0.25, -0.2) is 4.98 Å². The first-order valence-electron chi connectivity index (χ1n) is 5.96. The van der Waals surface area contributed by atoms with E-state index in [0.29, 0.717) is 6.54 Å². The van der Waals surface area contributed by atoms with Crippen LogP contribution in [0.1, 0.15) is 5.76 Å². The summed E-state index contributed by atoms with van der Waals surface area (Å²) in [6.45, 7) is 0.570. The fraction of sp³-hybridized carbons (Fsp3) is 0.0714. The molecule has 2 aromatic heterocycles. The number of hydrogen-bond acceptors (Lipinski definition) is 6. The van der Waals surface area contributed by atoms with Crippen molar-refractivity contribution >= 4 is 16.5 Å². The van der Waals surface area contributed by atoms with Crippen molar-refractivity contribution in [1.29, 1.82) is 0 Å². The summed E-state index contributed by atoms with van der Waals surface area (Å²) in [6, 6.07) is 8.37. The topological polar surface area (TPSA) is 78.5 Å². The Bertz CT molecular complexity index is 707. The normalized spacial score (nSPS) is 10.6. The molecule has 0 bridgehead atoms. The van der Waals surface area contributed by atoms with Crippen molar-refractivity contribution in [2.75, 3.05) is 5.32 Å². The van der Waals surface area contributed by atoms with E-state index in [9.17, 15) is 10.2 Å². The fourth-order valence-electron chi connectivity index (χ4n) is 1.75. The monoisotopic (exact) mass is 288 g/mol. The summed E-state index contributed by atoms with van der Waals surface area (Å²) in [7, 11) is 0. The smallest absolute Gasteiger partial charge is 0.183 e. The van der Waals surface area contributed by atoms with Crippen LogP contribution in [-0.4, -0.2) is 15.2 Å². The number of benzene rings is 1. The van der Waals surface area contributed by atoms with E-state index in [1.54, 1.807) is 12.3 Å². The summed E-state index contributed by atoms with van der Waals surface area (Å²) in [5, 5.41) is 24.6. The first-order valence-corrected chi connectivity index (χ1v) is 6.84. The van der Waals surface area contributed by atoms with Gasteiger partial charge < -0.3 is 19.9 Å². The SMILES string of the molecule is Oc1ccc(-c2csc(NCc3ccco3)n2)cc1O. The van der Waals surface area contributed by atoms with Crippen LogP contribution in [0.4, 0.5) is 5.13 Å². The van der Waals surface area contributed by atoms with Gasteiger partial charge in [-0.05, 0) is 30.3 Å². The number of nitrogens with zero attached hydrogens (tertiary/aromatic N) is 1. The molecular weight excluding hydrogens is 276 g/mol. The Hall–Kier alpha value is -2.47. The number of rotatable bonds is 4. The van der Waals surface area contributed by atoms with Gasteiger partial charge in [-0.1, -0.05) is 0 Å². The van der Waals surface area contributed by atoms with Gasteiger partial charge in [0.2, 0.25) is 0 Å². The van der Waals surface area contributed by atoms with Crippen LogP contribution in [0.2, 0.25) is 0 Å². The summed E-state index contributed by atoms with van der Waals surface area (Å²) >= 11 is 1.47. The van der Waals surface area contributed by atoms with Crippen LogP contribution in [0.15, 0.2) is 46.4 Å². The lowest BCUT2D eigenvalue weighted by atomic mass is 10.1. The molecule has 0 fully saturated rings. The van der Waals surface area contributed by atoms with E-state index < -0.39 is 0 Å². The van der Waals surface area contributed by atoms with Crippen LogP contribution >= 0.6 is 11.3 Å². The summed E-state index contributed by atoms with van der Waals surface area (Å²) in [5.74, 6) is 0.546. The van der Waals surface area contributed by atoms with Gasteiger partial charge in [0.15, 0.2) is 16.6 Å².